The lowest BCUT2D eigenvalue weighted by atomic mass is 10.4. The first-order chi connectivity index (χ1) is 8.45. The quantitative estimate of drug-likeness (QED) is 0.273. The van der Waals surface area contributed by atoms with Gasteiger partial charge in [0, 0.05) is 13.1 Å². The number of carbonyl (C=O) groups is 1. The van der Waals surface area contributed by atoms with E-state index in [4.69, 9.17) is 25.0 Å². The van der Waals surface area contributed by atoms with Crippen molar-refractivity contribution >= 4 is 13.5 Å². The molecule has 0 bridgehead atoms. The van der Waals surface area contributed by atoms with Gasteiger partial charge in [-0.2, -0.15) is 0 Å². The van der Waals surface area contributed by atoms with Gasteiger partial charge in [0.1, 0.15) is 6.61 Å². The van der Waals surface area contributed by atoms with Crippen LogP contribution in [0.3, 0.4) is 0 Å². The Bertz CT molecular complexity index is 270. The molecule has 0 rings (SSSR count). The van der Waals surface area contributed by atoms with Gasteiger partial charge in [0.05, 0.1) is 26.0 Å². The lowest BCUT2D eigenvalue weighted by Gasteiger charge is -2.07. The molecule has 0 aromatic rings. The zero-order valence-electron chi connectivity index (χ0n) is 10.2. The first-order valence-corrected chi connectivity index (χ1v) is 7.42. The van der Waals surface area contributed by atoms with Crippen LogP contribution in [0.4, 0.5) is 0 Å². The summed E-state index contributed by atoms with van der Waals surface area (Å²) in [6.45, 7) is 1.70. The normalized spacial score (nSPS) is 11.5. The number of rotatable bonds is 11. The lowest BCUT2D eigenvalue weighted by molar-refractivity contribution is -0.126. The number of carbonyl (C=O) groups excluding carboxylic acids is 1. The summed E-state index contributed by atoms with van der Waals surface area (Å²) in [5.41, 5.74) is 5.20. The maximum absolute atomic E-state index is 11.2. The van der Waals surface area contributed by atoms with E-state index in [1.54, 1.807) is 0 Å². The van der Waals surface area contributed by atoms with Crippen LogP contribution in [0, 0.1) is 0 Å². The highest BCUT2D eigenvalue weighted by atomic mass is 31.2. The van der Waals surface area contributed by atoms with Crippen LogP contribution >= 0.6 is 7.60 Å². The van der Waals surface area contributed by atoms with Gasteiger partial charge < -0.3 is 30.3 Å². The van der Waals surface area contributed by atoms with Gasteiger partial charge in [-0.25, -0.2) is 0 Å². The van der Waals surface area contributed by atoms with Crippen molar-refractivity contribution in [2.24, 2.45) is 5.73 Å². The van der Waals surface area contributed by atoms with Gasteiger partial charge in [-0.15, -0.1) is 0 Å². The molecule has 0 aliphatic rings. The topological polar surface area (TPSA) is 131 Å². The third kappa shape index (κ3) is 13.6. The number of ether oxygens (including phenoxy) is 2. The fraction of sp³-hybridized carbons (Fsp3) is 0.889. The van der Waals surface area contributed by atoms with Crippen LogP contribution in [0.25, 0.3) is 0 Å². The van der Waals surface area contributed by atoms with Crippen LogP contribution < -0.4 is 11.1 Å². The standard InChI is InChI=1S/C9H21N2O6P/c10-2-4-16-5-6-17-8-9(12)11-3-1-7-18(13,14)15/h1-8,10H2,(H,11,12)(H2,13,14,15). The van der Waals surface area contributed by atoms with E-state index in [0.717, 1.165) is 0 Å². The second kappa shape index (κ2) is 10.4. The molecule has 18 heavy (non-hydrogen) atoms. The van der Waals surface area contributed by atoms with Gasteiger partial charge in [0.15, 0.2) is 0 Å². The number of nitrogens with two attached hydrogens (primary N) is 1. The van der Waals surface area contributed by atoms with E-state index in [-0.39, 0.29) is 31.6 Å². The summed E-state index contributed by atoms with van der Waals surface area (Å²) < 4.78 is 20.5. The van der Waals surface area contributed by atoms with Gasteiger partial charge in [-0.3, -0.25) is 9.36 Å². The SMILES string of the molecule is NCCOCCOCC(=O)NCCCP(=O)(O)O. The predicted octanol–water partition coefficient (Wildman–Crippen LogP) is -1.34. The molecule has 9 heteroatoms. The van der Waals surface area contributed by atoms with E-state index in [2.05, 4.69) is 5.32 Å². The minimum Gasteiger partial charge on any atom is -0.378 e. The zero-order valence-corrected chi connectivity index (χ0v) is 11.1. The molecular weight excluding hydrogens is 263 g/mol. The van der Waals surface area contributed by atoms with Crippen LogP contribution in [-0.2, 0) is 18.8 Å². The van der Waals surface area contributed by atoms with Gasteiger partial charge in [-0.05, 0) is 6.42 Å². The summed E-state index contributed by atoms with van der Waals surface area (Å²) in [7, 11) is -3.97. The van der Waals surface area contributed by atoms with Crippen molar-refractivity contribution in [2.75, 3.05) is 45.7 Å². The van der Waals surface area contributed by atoms with Crippen molar-refractivity contribution in [3.05, 3.63) is 0 Å². The number of amides is 1. The summed E-state index contributed by atoms with van der Waals surface area (Å²) >= 11 is 0. The Morgan fingerprint density at radius 2 is 1.89 bits per heavy atom. The molecule has 0 saturated heterocycles. The largest absolute Gasteiger partial charge is 0.378 e. The maximum Gasteiger partial charge on any atom is 0.325 e. The van der Waals surface area contributed by atoms with E-state index >= 15 is 0 Å². The van der Waals surface area contributed by atoms with Crippen LogP contribution in [-0.4, -0.2) is 61.4 Å². The second-order valence-electron chi connectivity index (χ2n) is 3.55. The summed E-state index contributed by atoms with van der Waals surface area (Å²) in [6, 6.07) is 0. The van der Waals surface area contributed by atoms with Crippen molar-refractivity contribution in [1.82, 2.24) is 5.32 Å². The van der Waals surface area contributed by atoms with Crippen LogP contribution in [0.2, 0.25) is 0 Å². The van der Waals surface area contributed by atoms with Crippen molar-refractivity contribution in [3.63, 3.8) is 0 Å². The van der Waals surface area contributed by atoms with Gasteiger partial charge in [0.2, 0.25) is 5.91 Å². The van der Waals surface area contributed by atoms with Crippen molar-refractivity contribution in [3.8, 4) is 0 Å². The van der Waals surface area contributed by atoms with Gasteiger partial charge in [0.25, 0.3) is 0 Å². The summed E-state index contributed by atoms with van der Waals surface area (Å²) in [4.78, 5) is 28.3. The number of hydrogen-bond donors (Lipinski definition) is 4. The highest BCUT2D eigenvalue weighted by Gasteiger charge is 2.11. The maximum atomic E-state index is 11.2. The lowest BCUT2D eigenvalue weighted by Crippen LogP contribution is -2.29. The van der Waals surface area contributed by atoms with Gasteiger partial charge in [-0.1, -0.05) is 0 Å². The molecule has 5 N–H and O–H groups in total. The summed E-state index contributed by atoms with van der Waals surface area (Å²) in [6.07, 6.45) is -0.00328. The highest BCUT2D eigenvalue weighted by molar-refractivity contribution is 7.51. The molecule has 0 aromatic carbocycles. The molecule has 0 aliphatic carbocycles. The Balaban J connectivity index is 3.30. The molecule has 0 aromatic heterocycles. The fourth-order valence-corrected chi connectivity index (χ4v) is 1.60. The van der Waals surface area contributed by atoms with Gasteiger partial charge >= 0.3 is 7.60 Å². The molecule has 0 saturated carbocycles. The second-order valence-corrected chi connectivity index (χ2v) is 5.32. The molecule has 1 amide bonds. The smallest absolute Gasteiger partial charge is 0.325 e. The minimum atomic E-state index is -3.97. The molecule has 0 atom stereocenters. The van der Waals surface area contributed by atoms with E-state index in [0.29, 0.717) is 26.4 Å². The third-order valence-corrected chi connectivity index (χ3v) is 2.71. The summed E-state index contributed by atoms with van der Waals surface area (Å²) in [5, 5.41) is 2.49. The van der Waals surface area contributed by atoms with Crippen molar-refractivity contribution < 1.29 is 28.6 Å². The molecular formula is C9H21N2O6P. The monoisotopic (exact) mass is 284 g/mol. The molecule has 0 fully saturated rings. The molecule has 8 nitrogen and oxygen atoms in total. The minimum absolute atomic E-state index is 0.0953. The fourth-order valence-electron chi connectivity index (χ4n) is 1.03. The average molecular weight is 284 g/mol. The first-order valence-electron chi connectivity index (χ1n) is 5.62. The molecule has 0 aliphatic heterocycles. The Morgan fingerprint density at radius 3 is 2.50 bits per heavy atom. The van der Waals surface area contributed by atoms with E-state index in [1.807, 2.05) is 0 Å². The number of hydrogen-bond acceptors (Lipinski definition) is 5. The van der Waals surface area contributed by atoms with E-state index < -0.39 is 7.60 Å². The third-order valence-electron chi connectivity index (χ3n) is 1.82. The average Bonchev–Trinajstić information content (AvgIpc) is 2.28. The van der Waals surface area contributed by atoms with Crippen LogP contribution in [0.1, 0.15) is 6.42 Å². The number of nitrogens with one attached hydrogen (secondary N) is 1. The molecule has 0 radical (unpaired) electrons. The predicted molar refractivity (Wildman–Crippen MR) is 65.2 cm³/mol. The molecule has 0 spiro atoms. The Kier molecular flexibility index (Phi) is 10.1. The van der Waals surface area contributed by atoms with Crippen molar-refractivity contribution in [1.29, 1.82) is 0 Å². The van der Waals surface area contributed by atoms with Crippen molar-refractivity contribution in [2.45, 2.75) is 6.42 Å². The molecule has 108 valence electrons. The van der Waals surface area contributed by atoms with E-state index in [9.17, 15) is 9.36 Å². The summed E-state index contributed by atoms with van der Waals surface area (Å²) in [5.74, 6) is -0.320. The van der Waals surface area contributed by atoms with E-state index in [1.165, 1.54) is 0 Å². The molecule has 0 heterocycles. The first kappa shape index (κ1) is 17.5. The zero-order chi connectivity index (χ0) is 13.9. The van der Waals surface area contributed by atoms with Crippen LogP contribution in [0.5, 0.6) is 0 Å². The highest BCUT2D eigenvalue weighted by Crippen LogP contribution is 2.34. The Hall–Kier alpha value is -0.500. The Labute approximate surface area is 106 Å². The molecule has 0 unspecified atom stereocenters. The van der Waals surface area contributed by atoms with Crippen LogP contribution in [0.15, 0.2) is 0 Å². The Morgan fingerprint density at radius 1 is 1.22 bits per heavy atom.